The first-order valence-corrected chi connectivity index (χ1v) is 6.19. The summed E-state index contributed by atoms with van der Waals surface area (Å²) in [5, 5.41) is 12.1. The minimum Gasteiger partial charge on any atom is -0.491 e. The molecule has 0 aliphatic heterocycles. The third-order valence-corrected chi connectivity index (χ3v) is 2.07. The van der Waals surface area contributed by atoms with E-state index in [1.807, 2.05) is 18.2 Å². The average molecular weight is 267 g/mol. The lowest BCUT2D eigenvalue weighted by atomic mass is 10.2. The lowest BCUT2D eigenvalue weighted by Crippen LogP contribution is -2.38. The fourth-order valence-corrected chi connectivity index (χ4v) is 1.28. The average Bonchev–Trinajstić information content (AvgIpc) is 2.33. The van der Waals surface area contributed by atoms with Gasteiger partial charge in [0, 0.05) is 0 Å². The zero-order valence-corrected chi connectivity index (χ0v) is 11.6. The molecule has 19 heavy (non-hydrogen) atoms. The fraction of sp³-hybridized carbons (Fsp3) is 0.500. The molecule has 0 heterocycles. The van der Waals surface area contributed by atoms with Gasteiger partial charge in [0.15, 0.2) is 0 Å². The molecule has 1 atom stereocenters. The van der Waals surface area contributed by atoms with Crippen LogP contribution in [0.2, 0.25) is 0 Å². The first-order valence-electron chi connectivity index (χ1n) is 6.19. The molecule has 0 radical (unpaired) electrons. The van der Waals surface area contributed by atoms with E-state index in [4.69, 9.17) is 9.47 Å². The van der Waals surface area contributed by atoms with Gasteiger partial charge in [0.05, 0.1) is 6.54 Å². The molecule has 5 nitrogen and oxygen atoms in total. The predicted molar refractivity (Wildman–Crippen MR) is 72.2 cm³/mol. The number of para-hydroxylation sites is 1. The largest absolute Gasteiger partial charge is 0.491 e. The van der Waals surface area contributed by atoms with Crippen molar-refractivity contribution in [2.45, 2.75) is 32.5 Å². The van der Waals surface area contributed by atoms with Crippen LogP contribution in [-0.2, 0) is 4.74 Å². The molecule has 5 heteroatoms. The maximum absolute atomic E-state index is 11.4. The molecule has 0 saturated carbocycles. The molecule has 0 unspecified atom stereocenters. The highest BCUT2D eigenvalue weighted by Gasteiger charge is 2.16. The van der Waals surface area contributed by atoms with E-state index in [0.717, 1.165) is 0 Å². The summed E-state index contributed by atoms with van der Waals surface area (Å²) in [6.07, 6.45) is -1.33. The zero-order chi connectivity index (χ0) is 14.3. The van der Waals surface area contributed by atoms with Crippen molar-refractivity contribution in [2.24, 2.45) is 0 Å². The van der Waals surface area contributed by atoms with Gasteiger partial charge in [-0.25, -0.2) is 4.79 Å². The topological polar surface area (TPSA) is 67.8 Å². The van der Waals surface area contributed by atoms with Crippen molar-refractivity contribution >= 4 is 6.09 Å². The molecule has 106 valence electrons. The molecule has 0 aliphatic carbocycles. The van der Waals surface area contributed by atoms with Crippen molar-refractivity contribution < 1.29 is 19.4 Å². The maximum Gasteiger partial charge on any atom is 0.407 e. The standard InChI is InChI=1S/C14H21NO4/c1-14(2,3)19-13(17)15-9-11(16)10-18-12-7-5-4-6-8-12/h4-8,11,16H,9-10H2,1-3H3,(H,15,17)/t11-/m1/s1. The highest BCUT2D eigenvalue weighted by molar-refractivity contribution is 5.67. The Kier molecular flexibility index (Phi) is 5.63. The van der Waals surface area contributed by atoms with E-state index in [-0.39, 0.29) is 13.2 Å². The second kappa shape index (κ2) is 6.99. The molecule has 0 aromatic heterocycles. The van der Waals surface area contributed by atoms with Crippen LogP contribution in [0.3, 0.4) is 0 Å². The van der Waals surface area contributed by atoms with Crippen LogP contribution in [0, 0.1) is 0 Å². The monoisotopic (exact) mass is 267 g/mol. The summed E-state index contributed by atoms with van der Waals surface area (Å²) >= 11 is 0. The Morgan fingerprint density at radius 1 is 1.32 bits per heavy atom. The van der Waals surface area contributed by atoms with Crippen LogP contribution in [0.15, 0.2) is 30.3 Å². The lowest BCUT2D eigenvalue weighted by Gasteiger charge is -2.20. The van der Waals surface area contributed by atoms with Crippen LogP contribution in [0.5, 0.6) is 5.75 Å². The molecular formula is C14H21NO4. The molecule has 0 bridgehead atoms. The number of aliphatic hydroxyl groups excluding tert-OH is 1. The summed E-state index contributed by atoms with van der Waals surface area (Å²) in [4.78, 5) is 11.4. The first-order chi connectivity index (χ1) is 8.87. The molecule has 0 saturated heterocycles. The quantitative estimate of drug-likeness (QED) is 0.855. The van der Waals surface area contributed by atoms with Gasteiger partial charge in [-0.3, -0.25) is 0 Å². The van der Waals surface area contributed by atoms with E-state index in [0.29, 0.717) is 5.75 Å². The summed E-state index contributed by atoms with van der Waals surface area (Å²) < 4.78 is 10.4. The van der Waals surface area contributed by atoms with Crippen molar-refractivity contribution in [3.8, 4) is 5.75 Å². The number of hydrogen-bond acceptors (Lipinski definition) is 4. The number of aliphatic hydroxyl groups is 1. The minimum absolute atomic E-state index is 0.0851. The van der Waals surface area contributed by atoms with E-state index in [2.05, 4.69) is 5.32 Å². The number of hydrogen-bond donors (Lipinski definition) is 2. The Balaban J connectivity index is 2.21. The second-order valence-corrected chi connectivity index (χ2v) is 5.16. The van der Waals surface area contributed by atoms with Gasteiger partial charge in [0.25, 0.3) is 0 Å². The van der Waals surface area contributed by atoms with Gasteiger partial charge in [-0.15, -0.1) is 0 Å². The minimum atomic E-state index is -0.785. The van der Waals surface area contributed by atoms with Crippen molar-refractivity contribution in [1.82, 2.24) is 5.32 Å². The van der Waals surface area contributed by atoms with Crippen molar-refractivity contribution in [3.63, 3.8) is 0 Å². The summed E-state index contributed by atoms with van der Waals surface area (Å²) in [6.45, 7) is 5.53. The number of alkyl carbamates (subject to hydrolysis) is 1. The van der Waals surface area contributed by atoms with Crippen LogP contribution in [0.1, 0.15) is 20.8 Å². The number of amides is 1. The molecule has 0 fully saturated rings. The van der Waals surface area contributed by atoms with Crippen LogP contribution >= 0.6 is 0 Å². The molecule has 1 amide bonds. The number of ether oxygens (including phenoxy) is 2. The van der Waals surface area contributed by atoms with Crippen molar-refractivity contribution in [1.29, 1.82) is 0 Å². The predicted octanol–water partition coefficient (Wildman–Crippen LogP) is 1.95. The summed E-state index contributed by atoms with van der Waals surface area (Å²) in [7, 11) is 0. The van der Waals surface area contributed by atoms with Crippen LogP contribution < -0.4 is 10.1 Å². The van der Waals surface area contributed by atoms with Gasteiger partial charge >= 0.3 is 6.09 Å². The van der Waals surface area contributed by atoms with Crippen molar-refractivity contribution in [3.05, 3.63) is 30.3 Å². The molecule has 1 aromatic rings. The smallest absolute Gasteiger partial charge is 0.407 e. The SMILES string of the molecule is CC(C)(C)OC(=O)NC[C@@H](O)COc1ccccc1. The van der Waals surface area contributed by atoms with Crippen LogP contribution in [-0.4, -0.2) is 36.1 Å². The molecule has 0 aliphatic rings. The number of nitrogens with one attached hydrogen (secondary N) is 1. The summed E-state index contributed by atoms with van der Waals surface area (Å²) in [5.41, 5.74) is -0.546. The Bertz CT molecular complexity index is 386. The molecular weight excluding hydrogens is 246 g/mol. The Labute approximate surface area is 113 Å². The zero-order valence-electron chi connectivity index (χ0n) is 11.6. The molecule has 1 aromatic carbocycles. The first kappa shape index (κ1) is 15.3. The van der Waals surface area contributed by atoms with Crippen LogP contribution in [0.25, 0.3) is 0 Å². The van der Waals surface area contributed by atoms with E-state index in [1.54, 1.807) is 32.9 Å². The summed E-state index contributed by atoms with van der Waals surface area (Å²) in [6, 6.07) is 9.18. The second-order valence-electron chi connectivity index (χ2n) is 5.16. The highest BCUT2D eigenvalue weighted by atomic mass is 16.6. The number of carbonyl (C=O) groups excluding carboxylic acids is 1. The number of carbonyl (C=O) groups is 1. The van der Waals surface area contributed by atoms with Gasteiger partial charge < -0.3 is 19.9 Å². The number of benzene rings is 1. The molecule has 0 spiro atoms. The molecule has 1 rings (SSSR count). The third-order valence-electron chi connectivity index (χ3n) is 2.07. The van der Waals surface area contributed by atoms with Gasteiger partial charge in [0.1, 0.15) is 24.1 Å². The normalized spacial score (nSPS) is 12.6. The van der Waals surface area contributed by atoms with Gasteiger partial charge in [0.2, 0.25) is 0 Å². The van der Waals surface area contributed by atoms with Gasteiger partial charge in [-0.2, -0.15) is 0 Å². The summed E-state index contributed by atoms with van der Waals surface area (Å²) in [5.74, 6) is 0.679. The third kappa shape index (κ3) is 7.31. The highest BCUT2D eigenvalue weighted by Crippen LogP contribution is 2.08. The molecule has 2 N–H and O–H groups in total. The van der Waals surface area contributed by atoms with Gasteiger partial charge in [-0.05, 0) is 32.9 Å². The van der Waals surface area contributed by atoms with Crippen LogP contribution in [0.4, 0.5) is 4.79 Å². The van der Waals surface area contributed by atoms with E-state index >= 15 is 0 Å². The van der Waals surface area contributed by atoms with E-state index in [9.17, 15) is 9.90 Å². The van der Waals surface area contributed by atoms with E-state index < -0.39 is 17.8 Å². The van der Waals surface area contributed by atoms with Gasteiger partial charge in [-0.1, -0.05) is 18.2 Å². The Hall–Kier alpha value is -1.75. The van der Waals surface area contributed by atoms with E-state index in [1.165, 1.54) is 0 Å². The number of rotatable bonds is 5. The lowest BCUT2D eigenvalue weighted by molar-refractivity contribution is 0.0463. The Morgan fingerprint density at radius 2 is 1.95 bits per heavy atom. The maximum atomic E-state index is 11.4. The van der Waals surface area contributed by atoms with Crippen molar-refractivity contribution in [2.75, 3.05) is 13.2 Å². The fourth-order valence-electron chi connectivity index (χ4n) is 1.28. The Morgan fingerprint density at radius 3 is 2.53 bits per heavy atom.